The van der Waals surface area contributed by atoms with E-state index < -0.39 is 0 Å². The molecule has 0 saturated carbocycles. The molecule has 0 radical (unpaired) electrons. The largest absolute Gasteiger partial charge is 0.596 e. The first kappa shape index (κ1) is 10.1. The lowest BCUT2D eigenvalue weighted by molar-refractivity contribution is -0.441. The molecule has 1 aliphatic heterocycles. The molecule has 0 spiro atoms. The molecule has 0 atom stereocenters. The molecule has 1 amide bonds. The van der Waals surface area contributed by atoms with Crippen LogP contribution in [0.5, 0.6) is 0 Å². The van der Waals surface area contributed by atoms with E-state index in [-0.39, 0.29) is 6.09 Å². The Morgan fingerprint density at radius 2 is 2.24 bits per heavy atom. The monoisotopic (exact) mass is 229 g/mol. The highest BCUT2D eigenvalue weighted by Gasteiger charge is 2.25. The van der Waals surface area contributed by atoms with Crippen molar-refractivity contribution in [2.45, 2.75) is 6.42 Å². The molecule has 86 valence electrons. The van der Waals surface area contributed by atoms with Crippen molar-refractivity contribution < 1.29 is 14.1 Å². The number of ether oxygens (including phenoxy) is 1. The van der Waals surface area contributed by atoms with Gasteiger partial charge in [-0.3, -0.25) is 0 Å². The van der Waals surface area contributed by atoms with Crippen molar-refractivity contribution in [1.82, 2.24) is 4.98 Å². The molecule has 2 heterocycles. The zero-order valence-electron chi connectivity index (χ0n) is 9.56. The van der Waals surface area contributed by atoms with Gasteiger partial charge in [0.1, 0.15) is 5.69 Å². The third-order valence-electron chi connectivity index (χ3n) is 3.14. The maximum atomic E-state index is 11.5. The Bertz CT molecular complexity index is 625. The smallest absolute Gasteiger partial charge is 0.415 e. The predicted octanol–water partition coefficient (Wildman–Crippen LogP) is 1.92. The average Bonchev–Trinajstić information content (AvgIpc) is 2.75. The van der Waals surface area contributed by atoms with Gasteiger partial charge < -0.3 is 9.72 Å². The van der Waals surface area contributed by atoms with Gasteiger partial charge in [-0.2, -0.15) is 4.79 Å². The fourth-order valence-electron chi connectivity index (χ4n) is 2.31. The van der Waals surface area contributed by atoms with E-state index in [4.69, 9.17) is 4.74 Å². The summed E-state index contributed by atoms with van der Waals surface area (Å²) in [7, 11) is 1.40. The van der Waals surface area contributed by atoms with Crippen LogP contribution in [0.2, 0.25) is 0 Å². The summed E-state index contributed by atoms with van der Waals surface area (Å²) in [6.07, 6.45) is 2.37. The van der Waals surface area contributed by atoms with Gasteiger partial charge in [0.05, 0.1) is 7.11 Å². The number of amides is 1. The minimum atomic E-state index is -0.311. The van der Waals surface area contributed by atoms with Crippen molar-refractivity contribution in [3.63, 3.8) is 0 Å². The standard InChI is InChI=1S/C13H12N2O2/c1-17-13(16)15-7-6-10-9-4-2-3-5-11(9)14-12(10)8-15/h2-5,8H,6-7H2,1H3/p+1. The first-order chi connectivity index (χ1) is 8.29. The number of rotatable bonds is 0. The first-order valence-corrected chi connectivity index (χ1v) is 5.58. The summed E-state index contributed by atoms with van der Waals surface area (Å²) in [5, 5.41) is 1.24. The quantitative estimate of drug-likeness (QED) is 0.701. The Morgan fingerprint density at radius 3 is 3.06 bits per heavy atom. The molecule has 0 fully saturated rings. The number of para-hydroxylation sites is 1. The number of nitrogens with one attached hydrogen (secondary N) is 1. The molecule has 0 aliphatic carbocycles. The minimum Gasteiger partial charge on any atom is -0.415 e. The normalized spacial score (nSPS) is 14.3. The number of carbonyl (C=O) groups is 1. The lowest BCUT2D eigenvalue weighted by Gasteiger charge is -2.06. The van der Waals surface area contributed by atoms with Crippen LogP contribution >= 0.6 is 0 Å². The number of hydrogen-bond acceptors (Lipinski definition) is 2. The minimum absolute atomic E-state index is 0.311. The van der Waals surface area contributed by atoms with Crippen LogP contribution in [0, 0.1) is 0 Å². The number of nitrogens with zero attached hydrogens (tertiary/aromatic N) is 1. The van der Waals surface area contributed by atoms with E-state index in [0.717, 1.165) is 17.6 Å². The van der Waals surface area contributed by atoms with Crippen LogP contribution in [-0.2, 0) is 11.2 Å². The third-order valence-corrected chi connectivity index (χ3v) is 3.14. The van der Waals surface area contributed by atoms with Gasteiger partial charge in [0.2, 0.25) is 0 Å². The molecule has 17 heavy (non-hydrogen) atoms. The van der Waals surface area contributed by atoms with Crippen LogP contribution in [0.1, 0.15) is 11.3 Å². The van der Waals surface area contributed by atoms with E-state index in [9.17, 15) is 4.79 Å². The molecule has 0 saturated heterocycles. The zero-order chi connectivity index (χ0) is 11.8. The lowest BCUT2D eigenvalue weighted by Crippen LogP contribution is -2.28. The van der Waals surface area contributed by atoms with Crippen molar-refractivity contribution in [1.29, 1.82) is 0 Å². The van der Waals surface area contributed by atoms with Crippen LogP contribution in [0.4, 0.5) is 4.79 Å². The highest BCUT2D eigenvalue weighted by Crippen LogP contribution is 2.23. The SMILES string of the molecule is COC(=O)[N+]1=Cc2[nH]c3ccccc3c2CC1. The van der Waals surface area contributed by atoms with E-state index in [2.05, 4.69) is 11.1 Å². The van der Waals surface area contributed by atoms with Crippen molar-refractivity contribution >= 4 is 23.2 Å². The molecule has 0 bridgehead atoms. The van der Waals surface area contributed by atoms with E-state index in [1.54, 1.807) is 4.58 Å². The number of aromatic amines is 1. The maximum Gasteiger partial charge on any atom is 0.596 e. The molecule has 4 heteroatoms. The van der Waals surface area contributed by atoms with Gasteiger partial charge in [-0.05, 0) is 11.6 Å². The topological polar surface area (TPSA) is 45.1 Å². The highest BCUT2D eigenvalue weighted by atomic mass is 16.5. The van der Waals surface area contributed by atoms with Crippen LogP contribution in [0.25, 0.3) is 10.9 Å². The van der Waals surface area contributed by atoms with Gasteiger partial charge in [-0.25, -0.2) is 0 Å². The third kappa shape index (κ3) is 1.53. The second-order valence-corrected chi connectivity index (χ2v) is 4.11. The Morgan fingerprint density at radius 1 is 1.41 bits per heavy atom. The van der Waals surface area contributed by atoms with E-state index in [1.165, 1.54) is 18.1 Å². The predicted molar refractivity (Wildman–Crippen MR) is 64.7 cm³/mol. The van der Waals surface area contributed by atoms with Crippen molar-refractivity contribution in [2.75, 3.05) is 13.7 Å². The number of hydrogen-bond donors (Lipinski definition) is 1. The summed E-state index contributed by atoms with van der Waals surface area (Å²) >= 11 is 0. The maximum absolute atomic E-state index is 11.5. The van der Waals surface area contributed by atoms with E-state index in [0.29, 0.717) is 6.54 Å². The van der Waals surface area contributed by atoms with Crippen molar-refractivity contribution in [2.24, 2.45) is 0 Å². The summed E-state index contributed by atoms with van der Waals surface area (Å²) in [6, 6.07) is 8.18. The van der Waals surface area contributed by atoms with Gasteiger partial charge in [0.25, 0.3) is 0 Å². The fraction of sp³-hybridized carbons (Fsp3) is 0.231. The summed E-state index contributed by atoms with van der Waals surface area (Å²) in [4.78, 5) is 14.8. The number of carbonyl (C=O) groups excluding carboxylic acids is 1. The Hall–Kier alpha value is -2.10. The fourth-order valence-corrected chi connectivity index (χ4v) is 2.31. The highest BCUT2D eigenvalue weighted by molar-refractivity contribution is 5.93. The van der Waals surface area contributed by atoms with Crippen molar-refractivity contribution in [3.05, 3.63) is 35.5 Å². The molecule has 4 nitrogen and oxygen atoms in total. The number of H-pyrrole nitrogens is 1. The number of benzene rings is 1. The Labute approximate surface area is 98.5 Å². The first-order valence-electron chi connectivity index (χ1n) is 5.58. The van der Waals surface area contributed by atoms with Crippen LogP contribution in [0.15, 0.2) is 24.3 Å². The second kappa shape index (κ2) is 3.73. The molecule has 1 aromatic carbocycles. The van der Waals surface area contributed by atoms with Gasteiger partial charge in [-0.15, -0.1) is 4.58 Å². The molecule has 3 rings (SSSR count). The van der Waals surface area contributed by atoms with Gasteiger partial charge >= 0.3 is 6.09 Å². The Balaban J connectivity index is 2.14. The molecular formula is C13H13N2O2+. The molecule has 0 unspecified atom stereocenters. The van der Waals surface area contributed by atoms with E-state index in [1.807, 2.05) is 24.4 Å². The second-order valence-electron chi connectivity index (χ2n) is 4.11. The molecule has 1 aromatic heterocycles. The average molecular weight is 229 g/mol. The lowest BCUT2D eigenvalue weighted by atomic mass is 10.1. The number of fused-ring (bicyclic) bond motifs is 3. The van der Waals surface area contributed by atoms with Crippen molar-refractivity contribution in [3.8, 4) is 0 Å². The summed E-state index contributed by atoms with van der Waals surface area (Å²) < 4.78 is 6.32. The van der Waals surface area contributed by atoms with Gasteiger partial charge in [-0.1, -0.05) is 18.2 Å². The van der Waals surface area contributed by atoms with Gasteiger partial charge in [0.15, 0.2) is 12.8 Å². The molecule has 2 aromatic rings. The zero-order valence-corrected chi connectivity index (χ0v) is 9.56. The van der Waals surface area contributed by atoms with Crippen LogP contribution < -0.4 is 0 Å². The Kier molecular flexibility index (Phi) is 2.21. The molecular weight excluding hydrogens is 216 g/mol. The van der Waals surface area contributed by atoms with Crippen LogP contribution in [-0.4, -0.2) is 35.5 Å². The number of methoxy groups -OCH3 is 1. The summed E-state index contributed by atoms with van der Waals surface area (Å²) in [5.74, 6) is 0. The van der Waals surface area contributed by atoms with Gasteiger partial charge in [0, 0.05) is 17.3 Å². The van der Waals surface area contributed by atoms with E-state index >= 15 is 0 Å². The van der Waals surface area contributed by atoms with Crippen LogP contribution in [0.3, 0.4) is 0 Å². The summed E-state index contributed by atoms with van der Waals surface area (Å²) in [6.45, 7) is 0.668. The number of aromatic nitrogens is 1. The molecule has 1 N–H and O–H groups in total. The summed E-state index contributed by atoms with van der Waals surface area (Å²) in [5.41, 5.74) is 3.39. The molecule has 1 aliphatic rings.